The van der Waals surface area contributed by atoms with Crippen LogP contribution in [0.1, 0.15) is 28.2 Å². The molecule has 7 nitrogen and oxygen atoms in total. The second-order valence-electron chi connectivity index (χ2n) is 6.33. The van der Waals surface area contributed by atoms with Gasteiger partial charge in [-0.15, -0.1) is 17.8 Å². The Labute approximate surface area is 165 Å². The van der Waals surface area contributed by atoms with Gasteiger partial charge in [-0.2, -0.15) is 5.10 Å². The summed E-state index contributed by atoms with van der Waals surface area (Å²) in [7, 11) is 0. The number of nitrogens with one attached hydrogen (secondary N) is 1. The van der Waals surface area contributed by atoms with Crippen LogP contribution in [-0.4, -0.2) is 39.6 Å². The predicted octanol–water partition coefficient (Wildman–Crippen LogP) is 2.41. The zero-order valence-corrected chi connectivity index (χ0v) is 15.9. The van der Waals surface area contributed by atoms with E-state index in [2.05, 4.69) is 26.2 Å². The number of nitrogens with two attached hydrogens (primary N) is 1. The van der Waals surface area contributed by atoms with Crippen molar-refractivity contribution < 1.29 is 4.79 Å². The van der Waals surface area contributed by atoms with Crippen LogP contribution in [-0.2, 0) is 0 Å². The summed E-state index contributed by atoms with van der Waals surface area (Å²) in [4.78, 5) is 19.3. The van der Waals surface area contributed by atoms with Crippen molar-refractivity contribution in [3.8, 4) is 12.3 Å². The van der Waals surface area contributed by atoms with Gasteiger partial charge in [-0.1, -0.05) is 17.5 Å². The minimum atomic E-state index is -0.104. The number of halogens is 1. The summed E-state index contributed by atoms with van der Waals surface area (Å²) in [6, 6.07) is 5.37. The predicted molar refractivity (Wildman–Crippen MR) is 107 cm³/mol. The van der Waals surface area contributed by atoms with Crippen molar-refractivity contribution in [3.05, 3.63) is 39.4 Å². The molecule has 9 heteroatoms. The molecular weight excluding hydrogens is 384 g/mol. The Morgan fingerprint density at radius 1 is 1.48 bits per heavy atom. The SMILES string of the molecule is C#Cc1cc(N2CCC[C@@H](NC(=O)c3ccc(Cl)s3)C2)c2c(N)ncnn12. The first-order chi connectivity index (χ1) is 13.1. The highest BCUT2D eigenvalue weighted by atomic mass is 35.5. The third kappa shape index (κ3) is 3.31. The zero-order valence-electron chi connectivity index (χ0n) is 14.4. The van der Waals surface area contributed by atoms with E-state index in [1.165, 1.54) is 17.7 Å². The summed E-state index contributed by atoms with van der Waals surface area (Å²) in [5.41, 5.74) is 8.28. The zero-order chi connectivity index (χ0) is 19.0. The summed E-state index contributed by atoms with van der Waals surface area (Å²) < 4.78 is 2.23. The second-order valence-corrected chi connectivity index (χ2v) is 8.04. The van der Waals surface area contributed by atoms with Crippen LogP contribution in [0.25, 0.3) is 5.52 Å². The molecule has 0 bridgehead atoms. The number of aromatic nitrogens is 3. The maximum absolute atomic E-state index is 12.4. The van der Waals surface area contributed by atoms with Gasteiger partial charge < -0.3 is 16.0 Å². The summed E-state index contributed by atoms with van der Waals surface area (Å²) >= 11 is 7.20. The number of fused-ring (bicyclic) bond motifs is 1. The van der Waals surface area contributed by atoms with Gasteiger partial charge in [0.15, 0.2) is 5.82 Å². The molecule has 0 saturated carbocycles. The number of nitrogens with zero attached hydrogens (tertiary/aromatic N) is 4. The fourth-order valence-corrected chi connectivity index (χ4v) is 4.35. The lowest BCUT2D eigenvalue weighted by Crippen LogP contribution is -2.47. The number of carbonyl (C=O) groups excluding carboxylic acids is 1. The van der Waals surface area contributed by atoms with Crippen LogP contribution < -0.4 is 16.0 Å². The van der Waals surface area contributed by atoms with Gasteiger partial charge in [-0.25, -0.2) is 9.50 Å². The lowest BCUT2D eigenvalue weighted by molar-refractivity contribution is 0.0937. The smallest absolute Gasteiger partial charge is 0.261 e. The van der Waals surface area contributed by atoms with E-state index >= 15 is 0 Å². The van der Waals surface area contributed by atoms with E-state index in [4.69, 9.17) is 23.8 Å². The Morgan fingerprint density at radius 3 is 3.07 bits per heavy atom. The van der Waals surface area contributed by atoms with Crippen LogP contribution in [0.15, 0.2) is 24.5 Å². The van der Waals surface area contributed by atoms with Gasteiger partial charge in [0, 0.05) is 19.1 Å². The van der Waals surface area contributed by atoms with Gasteiger partial charge in [-0.3, -0.25) is 4.79 Å². The molecule has 138 valence electrons. The third-order valence-electron chi connectivity index (χ3n) is 4.60. The molecule has 3 aromatic rings. The van der Waals surface area contributed by atoms with Crippen LogP contribution >= 0.6 is 22.9 Å². The number of hydrogen-bond donors (Lipinski definition) is 2. The minimum Gasteiger partial charge on any atom is -0.382 e. The molecule has 4 rings (SSSR count). The number of terminal acetylenes is 1. The fourth-order valence-electron chi connectivity index (χ4n) is 3.40. The molecule has 1 fully saturated rings. The molecule has 0 spiro atoms. The Balaban J connectivity index is 1.58. The number of hydrogen-bond acceptors (Lipinski definition) is 6. The summed E-state index contributed by atoms with van der Waals surface area (Å²) in [6.07, 6.45) is 8.84. The van der Waals surface area contributed by atoms with E-state index < -0.39 is 0 Å². The van der Waals surface area contributed by atoms with Crippen molar-refractivity contribution in [1.29, 1.82) is 0 Å². The van der Waals surface area contributed by atoms with Gasteiger partial charge in [0.25, 0.3) is 5.91 Å². The van der Waals surface area contributed by atoms with E-state index in [1.54, 1.807) is 16.6 Å². The number of rotatable bonds is 3. The molecule has 3 aromatic heterocycles. The average Bonchev–Trinajstić information content (AvgIpc) is 3.26. The number of piperidine rings is 1. The first-order valence-corrected chi connectivity index (χ1v) is 9.66. The molecule has 1 aliphatic heterocycles. The largest absolute Gasteiger partial charge is 0.382 e. The van der Waals surface area contributed by atoms with E-state index in [0.29, 0.717) is 32.8 Å². The molecule has 0 unspecified atom stereocenters. The van der Waals surface area contributed by atoms with Gasteiger partial charge in [0.05, 0.1) is 14.9 Å². The van der Waals surface area contributed by atoms with Gasteiger partial charge in [0.2, 0.25) is 0 Å². The summed E-state index contributed by atoms with van der Waals surface area (Å²) in [6.45, 7) is 1.50. The van der Waals surface area contributed by atoms with E-state index in [9.17, 15) is 4.79 Å². The highest BCUT2D eigenvalue weighted by molar-refractivity contribution is 7.18. The monoisotopic (exact) mass is 400 g/mol. The van der Waals surface area contributed by atoms with E-state index in [-0.39, 0.29) is 11.9 Å². The topological polar surface area (TPSA) is 88.5 Å². The van der Waals surface area contributed by atoms with Crippen LogP contribution in [0, 0.1) is 12.3 Å². The number of nitrogen functional groups attached to an aromatic ring is 1. The van der Waals surface area contributed by atoms with Crippen molar-refractivity contribution in [1.82, 2.24) is 19.9 Å². The Kier molecular flexibility index (Phi) is 4.64. The molecule has 1 atom stereocenters. The molecule has 27 heavy (non-hydrogen) atoms. The molecular formula is C18H17ClN6OS. The number of amides is 1. The van der Waals surface area contributed by atoms with Crippen LogP contribution in [0.2, 0.25) is 4.34 Å². The maximum atomic E-state index is 12.4. The van der Waals surface area contributed by atoms with Gasteiger partial charge >= 0.3 is 0 Å². The molecule has 0 radical (unpaired) electrons. The van der Waals surface area contributed by atoms with Crippen molar-refractivity contribution in [2.45, 2.75) is 18.9 Å². The average molecular weight is 401 g/mol. The summed E-state index contributed by atoms with van der Waals surface area (Å²) in [5.74, 6) is 2.91. The molecule has 0 aliphatic carbocycles. The van der Waals surface area contributed by atoms with Crippen molar-refractivity contribution >= 4 is 45.9 Å². The van der Waals surface area contributed by atoms with Gasteiger partial charge in [-0.05, 0) is 31.0 Å². The quantitative estimate of drug-likeness (QED) is 0.659. The highest BCUT2D eigenvalue weighted by Crippen LogP contribution is 2.30. The lowest BCUT2D eigenvalue weighted by Gasteiger charge is -2.34. The van der Waals surface area contributed by atoms with Crippen LogP contribution in [0.5, 0.6) is 0 Å². The minimum absolute atomic E-state index is 0.0159. The van der Waals surface area contributed by atoms with Crippen molar-refractivity contribution in [2.75, 3.05) is 23.7 Å². The fraction of sp³-hybridized carbons (Fsp3) is 0.278. The Bertz CT molecular complexity index is 1050. The summed E-state index contributed by atoms with van der Waals surface area (Å²) in [5, 5.41) is 7.31. The normalized spacial score (nSPS) is 17.0. The van der Waals surface area contributed by atoms with E-state index in [1.807, 2.05) is 6.07 Å². The van der Waals surface area contributed by atoms with Crippen LogP contribution in [0.4, 0.5) is 11.5 Å². The number of thiophene rings is 1. The maximum Gasteiger partial charge on any atom is 0.261 e. The number of anilines is 2. The van der Waals surface area contributed by atoms with Crippen molar-refractivity contribution in [2.24, 2.45) is 0 Å². The van der Waals surface area contributed by atoms with E-state index in [0.717, 1.165) is 25.1 Å². The molecule has 4 heterocycles. The highest BCUT2D eigenvalue weighted by Gasteiger charge is 2.26. The third-order valence-corrected chi connectivity index (χ3v) is 5.83. The molecule has 1 aliphatic rings. The molecule has 3 N–H and O–H groups in total. The number of carbonyl (C=O) groups is 1. The second kappa shape index (κ2) is 7.10. The lowest BCUT2D eigenvalue weighted by atomic mass is 10.0. The molecule has 1 amide bonds. The first-order valence-electron chi connectivity index (χ1n) is 8.47. The molecule has 0 aromatic carbocycles. The molecule has 1 saturated heterocycles. The van der Waals surface area contributed by atoms with Crippen molar-refractivity contribution in [3.63, 3.8) is 0 Å². The standard InChI is InChI=1S/C18H17ClN6OS/c1-2-12-8-13(16-17(20)21-10-22-25(12)16)24-7-3-4-11(9-24)23-18(26)14-5-6-15(19)27-14/h1,5-6,8,10-11H,3-4,7,9H2,(H,23,26)(H2,20,21,22)/t11-/m1/s1. The Hall–Kier alpha value is -2.76. The van der Waals surface area contributed by atoms with Crippen LogP contribution in [0.3, 0.4) is 0 Å². The Morgan fingerprint density at radius 2 is 2.33 bits per heavy atom. The van der Waals surface area contributed by atoms with Gasteiger partial charge in [0.1, 0.15) is 17.5 Å². The first kappa shape index (κ1) is 17.6.